The van der Waals surface area contributed by atoms with Crippen molar-refractivity contribution in [2.24, 2.45) is 0 Å². The maximum absolute atomic E-state index is 13.2. The molecular formula is C22H29N3O2. The number of rotatable bonds is 5. The Morgan fingerprint density at radius 1 is 0.741 bits per heavy atom. The Bertz CT molecular complexity index is 779. The van der Waals surface area contributed by atoms with Gasteiger partial charge >= 0.3 is 6.03 Å². The van der Waals surface area contributed by atoms with E-state index < -0.39 is 0 Å². The van der Waals surface area contributed by atoms with Crippen LogP contribution in [0.2, 0.25) is 0 Å². The third kappa shape index (κ3) is 4.48. The number of carbonyl (C=O) groups excluding carboxylic acids is 2. The number of amides is 3. The average Bonchev–Trinajstić information content (AvgIpc) is 2.66. The molecule has 0 saturated heterocycles. The SMILES string of the molecule is CC(C)N(C(=O)c1ccccc1N(C)C(=O)N(C)c1ccccc1)C(C)C. The summed E-state index contributed by atoms with van der Waals surface area (Å²) in [5.74, 6) is -0.0717. The second-order valence-electron chi connectivity index (χ2n) is 7.15. The van der Waals surface area contributed by atoms with Gasteiger partial charge in [-0.25, -0.2) is 4.79 Å². The van der Waals surface area contributed by atoms with Gasteiger partial charge in [-0.3, -0.25) is 14.6 Å². The van der Waals surface area contributed by atoms with Crippen molar-refractivity contribution in [3.05, 3.63) is 60.2 Å². The van der Waals surface area contributed by atoms with Crippen molar-refractivity contribution < 1.29 is 9.59 Å². The lowest BCUT2D eigenvalue weighted by Crippen LogP contribution is -2.44. The summed E-state index contributed by atoms with van der Waals surface area (Å²) in [5.41, 5.74) is 1.92. The maximum Gasteiger partial charge on any atom is 0.328 e. The molecule has 0 N–H and O–H groups in total. The van der Waals surface area contributed by atoms with Crippen LogP contribution in [0.4, 0.5) is 16.2 Å². The third-order valence-corrected chi connectivity index (χ3v) is 4.56. The van der Waals surface area contributed by atoms with Gasteiger partial charge < -0.3 is 4.90 Å². The van der Waals surface area contributed by atoms with E-state index in [0.717, 1.165) is 5.69 Å². The highest BCUT2D eigenvalue weighted by molar-refractivity contribution is 6.08. The molecule has 0 fully saturated rings. The molecule has 0 atom stereocenters. The smallest absolute Gasteiger partial charge is 0.328 e. The van der Waals surface area contributed by atoms with Gasteiger partial charge in [0.1, 0.15) is 0 Å². The topological polar surface area (TPSA) is 43.9 Å². The first-order chi connectivity index (χ1) is 12.8. The summed E-state index contributed by atoms with van der Waals surface area (Å²) in [5, 5.41) is 0. The predicted molar refractivity (Wildman–Crippen MR) is 112 cm³/mol. The molecule has 0 unspecified atom stereocenters. The Morgan fingerprint density at radius 3 is 1.81 bits per heavy atom. The molecule has 0 aliphatic carbocycles. The molecule has 2 rings (SSSR count). The van der Waals surface area contributed by atoms with Crippen LogP contribution in [-0.2, 0) is 0 Å². The first kappa shape index (κ1) is 20.5. The average molecular weight is 367 g/mol. The molecule has 144 valence electrons. The van der Waals surface area contributed by atoms with E-state index in [0.29, 0.717) is 11.3 Å². The lowest BCUT2D eigenvalue weighted by Gasteiger charge is -2.33. The van der Waals surface area contributed by atoms with Gasteiger partial charge in [-0.15, -0.1) is 0 Å². The van der Waals surface area contributed by atoms with Crippen LogP contribution in [0.1, 0.15) is 38.1 Å². The molecule has 3 amide bonds. The van der Waals surface area contributed by atoms with Gasteiger partial charge in [0.2, 0.25) is 0 Å². The molecule has 0 aliphatic rings. The van der Waals surface area contributed by atoms with Gasteiger partial charge in [0.05, 0.1) is 11.3 Å². The largest absolute Gasteiger partial charge is 0.334 e. The second-order valence-corrected chi connectivity index (χ2v) is 7.15. The van der Waals surface area contributed by atoms with Crippen molar-refractivity contribution in [2.75, 3.05) is 23.9 Å². The summed E-state index contributed by atoms with van der Waals surface area (Å²) < 4.78 is 0. The molecule has 0 aliphatic heterocycles. The highest BCUT2D eigenvalue weighted by Gasteiger charge is 2.27. The van der Waals surface area contributed by atoms with Crippen molar-refractivity contribution in [2.45, 2.75) is 39.8 Å². The summed E-state index contributed by atoms with van der Waals surface area (Å²) in [4.78, 5) is 31.1. The van der Waals surface area contributed by atoms with E-state index in [1.165, 1.54) is 4.90 Å². The number of benzene rings is 2. The van der Waals surface area contributed by atoms with E-state index in [1.54, 1.807) is 25.1 Å². The predicted octanol–water partition coefficient (Wildman–Crippen LogP) is 4.64. The number of hydrogen-bond acceptors (Lipinski definition) is 2. The van der Waals surface area contributed by atoms with Gasteiger partial charge in [0.15, 0.2) is 0 Å². The van der Waals surface area contributed by atoms with Crippen molar-refractivity contribution in [1.82, 2.24) is 4.90 Å². The van der Waals surface area contributed by atoms with Crippen molar-refractivity contribution >= 4 is 23.3 Å². The van der Waals surface area contributed by atoms with E-state index in [4.69, 9.17) is 0 Å². The fourth-order valence-electron chi connectivity index (χ4n) is 3.24. The summed E-state index contributed by atoms with van der Waals surface area (Å²) in [7, 11) is 3.43. The third-order valence-electron chi connectivity index (χ3n) is 4.56. The summed E-state index contributed by atoms with van der Waals surface area (Å²) in [6, 6.07) is 16.6. The summed E-state index contributed by atoms with van der Waals surface area (Å²) in [6.45, 7) is 7.99. The number of urea groups is 1. The Balaban J connectivity index is 2.36. The van der Waals surface area contributed by atoms with E-state index in [2.05, 4.69) is 0 Å². The molecule has 0 saturated carbocycles. The zero-order valence-electron chi connectivity index (χ0n) is 17.0. The summed E-state index contributed by atoms with van der Waals surface area (Å²) >= 11 is 0. The summed E-state index contributed by atoms with van der Waals surface area (Å²) in [6.07, 6.45) is 0. The normalized spacial score (nSPS) is 10.8. The molecule has 0 spiro atoms. The number of para-hydroxylation sites is 2. The molecular weight excluding hydrogens is 338 g/mol. The molecule has 5 nitrogen and oxygen atoms in total. The Labute approximate surface area is 162 Å². The molecule has 2 aromatic rings. The molecule has 2 aromatic carbocycles. The zero-order chi connectivity index (χ0) is 20.1. The number of nitrogens with zero attached hydrogens (tertiary/aromatic N) is 3. The Kier molecular flexibility index (Phi) is 6.61. The van der Waals surface area contributed by atoms with Crippen LogP contribution >= 0.6 is 0 Å². The quantitative estimate of drug-likeness (QED) is 0.773. The molecule has 0 bridgehead atoms. The molecule has 5 heteroatoms. The van der Waals surface area contributed by atoms with Gasteiger partial charge in [-0.1, -0.05) is 30.3 Å². The number of anilines is 2. The first-order valence-electron chi connectivity index (χ1n) is 9.23. The molecule has 0 aromatic heterocycles. The van der Waals surface area contributed by atoms with Crippen LogP contribution < -0.4 is 9.80 Å². The fraction of sp³-hybridized carbons (Fsp3) is 0.364. The minimum Gasteiger partial charge on any atom is -0.334 e. The van der Waals surface area contributed by atoms with Gasteiger partial charge in [-0.2, -0.15) is 0 Å². The van der Waals surface area contributed by atoms with E-state index in [9.17, 15) is 9.59 Å². The minimum absolute atomic E-state index is 0.0681. The molecule has 27 heavy (non-hydrogen) atoms. The highest BCUT2D eigenvalue weighted by atomic mass is 16.2. The maximum atomic E-state index is 13.2. The standard InChI is InChI=1S/C22H29N3O2/c1-16(2)25(17(3)4)21(26)19-14-10-11-15-20(19)24(6)22(27)23(5)18-12-8-7-9-13-18/h7-17H,1-6H3. The van der Waals surface area contributed by atoms with Crippen molar-refractivity contribution in [1.29, 1.82) is 0 Å². The Morgan fingerprint density at radius 2 is 1.26 bits per heavy atom. The highest BCUT2D eigenvalue weighted by Crippen LogP contribution is 2.25. The molecule has 0 radical (unpaired) electrons. The molecule has 0 heterocycles. The lowest BCUT2D eigenvalue weighted by molar-refractivity contribution is 0.0644. The second kappa shape index (κ2) is 8.71. The van der Waals surface area contributed by atoms with Crippen LogP contribution in [0.25, 0.3) is 0 Å². The first-order valence-corrected chi connectivity index (χ1v) is 9.23. The monoisotopic (exact) mass is 367 g/mol. The van der Waals surface area contributed by atoms with Crippen LogP contribution in [-0.4, -0.2) is 43.0 Å². The van der Waals surface area contributed by atoms with Gasteiger partial charge in [-0.05, 0) is 52.0 Å². The van der Waals surface area contributed by atoms with E-state index in [-0.39, 0.29) is 24.0 Å². The van der Waals surface area contributed by atoms with Crippen LogP contribution in [0.3, 0.4) is 0 Å². The minimum atomic E-state index is -0.206. The van der Waals surface area contributed by atoms with Gasteiger partial charge in [0.25, 0.3) is 5.91 Å². The number of carbonyl (C=O) groups is 2. The van der Waals surface area contributed by atoms with Crippen LogP contribution in [0, 0.1) is 0 Å². The zero-order valence-corrected chi connectivity index (χ0v) is 17.0. The van der Waals surface area contributed by atoms with Gasteiger partial charge in [0, 0.05) is 31.9 Å². The van der Waals surface area contributed by atoms with Crippen molar-refractivity contribution in [3.63, 3.8) is 0 Å². The van der Waals surface area contributed by atoms with E-state index >= 15 is 0 Å². The van der Waals surface area contributed by atoms with E-state index in [1.807, 2.05) is 81.1 Å². The van der Waals surface area contributed by atoms with Crippen LogP contribution in [0.5, 0.6) is 0 Å². The number of hydrogen-bond donors (Lipinski definition) is 0. The van der Waals surface area contributed by atoms with Crippen molar-refractivity contribution in [3.8, 4) is 0 Å². The lowest BCUT2D eigenvalue weighted by atomic mass is 10.1. The van der Waals surface area contributed by atoms with Crippen LogP contribution in [0.15, 0.2) is 54.6 Å². The fourth-order valence-corrected chi connectivity index (χ4v) is 3.24. The Hall–Kier alpha value is -2.82.